The van der Waals surface area contributed by atoms with Crippen LogP contribution in [-0.2, 0) is 6.42 Å². The summed E-state index contributed by atoms with van der Waals surface area (Å²) in [4.78, 5) is 0. The average molecular weight is 699 g/mol. The molecule has 1 aliphatic carbocycles. The molecular weight excluding hydrogens is 632 g/mol. The molecule has 0 N–H and O–H groups in total. The highest BCUT2D eigenvalue weighted by Gasteiger charge is 2.37. The SMILES string of the molecule is C=C(C)C[C@H](C)C[C@H](C)CCCC(=C)C[C@H](C)C[C@H](C)CCC1C(c2ccc(F)cc2)=C(c2ccccc2)C(C(=C)Cc2ccccc2)=C1C(C)C. The van der Waals surface area contributed by atoms with Crippen molar-refractivity contribution in [2.75, 3.05) is 0 Å². The number of hydrogen-bond acceptors (Lipinski definition) is 0. The highest BCUT2D eigenvalue weighted by molar-refractivity contribution is 6.06. The second-order valence-corrected chi connectivity index (χ2v) is 16.9. The summed E-state index contributed by atoms with van der Waals surface area (Å²) in [7, 11) is 0. The number of benzene rings is 3. The van der Waals surface area contributed by atoms with Crippen LogP contribution in [0.5, 0.6) is 0 Å². The smallest absolute Gasteiger partial charge is 0.123 e. The standard InChI is InChI=1S/C51H67F/c1-35(2)30-40(8)31-37(5)18-17-19-38(6)32-41(9)33-39(7)24-29-47-48(36(3)4)49(42(10)34-43-20-13-11-14-21-43)51(44-22-15-12-16-23-44)50(47)45-25-27-46(52)28-26-45/h11-16,20-23,25-28,36-37,39-41,47H,1,6,10,17-19,24,29-34H2,2-5,7-9H3/t37-,39-,40+,41+,47?/m1/s1. The van der Waals surface area contributed by atoms with Gasteiger partial charge in [-0.15, -0.1) is 6.58 Å². The Morgan fingerprint density at radius 3 is 1.85 bits per heavy atom. The van der Waals surface area contributed by atoms with Crippen LogP contribution in [0.4, 0.5) is 4.39 Å². The van der Waals surface area contributed by atoms with Gasteiger partial charge in [0.1, 0.15) is 5.82 Å². The maximum absolute atomic E-state index is 14.3. The van der Waals surface area contributed by atoms with Crippen LogP contribution >= 0.6 is 0 Å². The minimum atomic E-state index is -0.196. The van der Waals surface area contributed by atoms with Crippen molar-refractivity contribution in [2.45, 2.75) is 113 Å². The molecule has 278 valence electrons. The lowest BCUT2D eigenvalue weighted by atomic mass is 9.79. The van der Waals surface area contributed by atoms with Crippen molar-refractivity contribution in [3.8, 4) is 0 Å². The van der Waals surface area contributed by atoms with Gasteiger partial charge in [-0.2, -0.15) is 0 Å². The number of halogens is 1. The first-order valence-electron chi connectivity index (χ1n) is 20.2. The van der Waals surface area contributed by atoms with Crippen molar-refractivity contribution in [1.82, 2.24) is 0 Å². The largest absolute Gasteiger partial charge is 0.207 e. The van der Waals surface area contributed by atoms with E-state index in [2.05, 4.69) is 122 Å². The Labute approximate surface area is 317 Å². The fraction of sp³-hybridized carbons (Fsp3) is 0.451. The fourth-order valence-corrected chi connectivity index (χ4v) is 9.08. The molecule has 0 radical (unpaired) electrons. The Kier molecular flexibility index (Phi) is 15.7. The van der Waals surface area contributed by atoms with Crippen molar-refractivity contribution in [2.24, 2.45) is 35.5 Å². The highest BCUT2D eigenvalue weighted by Crippen LogP contribution is 2.54. The Morgan fingerprint density at radius 1 is 0.673 bits per heavy atom. The van der Waals surface area contributed by atoms with Crippen molar-refractivity contribution < 1.29 is 4.39 Å². The number of hydrogen-bond donors (Lipinski definition) is 0. The maximum Gasteiger partial charge on any atom is 0.123 e. The minimum Gasteiger partial charge on any atom is -0.207 e. The molecule has 52 heavy (non-hydrogen) atoms. The van der Waals surface area contributed by atoms with E-state index in [4.69, 9.17) is 6.58 Å². The van der Waals surface area contributed by atoms with Gasteiger partial charge >= 0.3 is 0 Å². The lowest BCUT2D eigenvalue weighted by Crippen LogP contribution is -2.13. The molecule has 1 heteroatoms. The molecule has 0 aliphatic heterocycles. The quantitative estimate of drug-likeness (QED) is 0.0972. The van der Waals surface area contributed by atoms with Gasteiger partial charge in [0, 0.05) is 5.92 Å². The second kappa shape index (κ2) is 19.9. The predicted octanol–water partition coefficient (Wildman–Crippen LogP) is 15.3. The van der Waals surface area contributed by atoms with Gasteiger partial charge in [-0.1, -0.05) is 151 Å². The second-order valence-electron chi connectivity index (χ2n) is 16.9. The van der Waals surface area contributed by atoms with Gasteiger partial charge in [-0.05, 0) is 145 Å². The van der Waals surface area contributed by atoms with E-state index in [1.807, 2.05) is 12.1 Å². The third kappa shape index (κ3) is 11.9. The average Bonchev–Trinajstić information content (AvgIpc) is 3.43. The Bertz CT molecular complexity index is 1670. The zero-order valence-corrected chi connectivity index (χ0v) is 33.6. The summed E-state index contributed by atoms with van der Waals surface area (Å²) in [5, 5.41) is 0. The molecule has 0 heterocycles. The molecule has 0 aromatic heterocycles. The van der Waals surface area contributed by atoms with Crippen molar-refractivity contribution >= 4 is 11.1 Å². The fourth-order valence-electron chi connectivity index (χ4n) is 9.08. The van der Waals surface area contributed by atoms with Gasteiger partial charge in [-0.25, -0.2) is 4.39 Å². The summed E-state index contributed by atoms with van der Waals surface area (Å²) >= 11 is 0. The lowest BCUT2D eigenvalue weighted by Gasteiger charge is -2.26. The van der Waals surface area contributed by atoms with Crippen LogP contribution in [0.3, 0.4) is 0 Å². The molecule has 3 aromatic carbocycles. The van der Waals surface area contributed by atoms with Gasteiger partial charge in [0.15, 0.2) is 0 Å². The van der Waals surface area contributed by atoms with Gasteiger partial charge in [0.2, 0.25) is 0 Å². The van der Waals surface area contributed by atoms with Crippen LogP contribution in [0.15, 0.2) is 133 Å². The van der Waals surface area contributed by atoms with Crippen LogP contribution < -0.4 is 0 Å². The summed E-state index contributed by atoms with van der Waals surface area (Å²) in [5.41, 5.74) is 12.9. The molecule has 0 fully saturated rings. The summed E-state index contributed by atoms with van der Waals surface area (Å²) in [6.07, 6.45) is 11.4. The molecule has 0 saturated carbocycles. The normalized spacial score (nSPS) is 17.0. The monoisotopic (exact) mass is 699 g/mol. The zero-order valence-electron chi connectivity index (χ0n) is 33.6. The van der Waals surface area contributed by atoms with Crippen molar-refractivity contribution in [1.29, 1.82) is 0 Å². The summed E-state index contributed by atoms with van der Waals surface area (Å²) < 4.78 is 14.3. The third-order valence-corrected chi connectivity index (χ3v) is 11.1. The van der Waals surface area contributed by atoms with Gasteiger partial charge < -0.3 is 0 Å². The molecule has 1 aliphatic rings. The number of allylic oxidation sites excluding steroid dienone is 7. The lowest BCUT2D eigenvalue weighted by molar-refractivity contribution is 0.367. The van der Waals surface area contributed by atoms with E-state index < -0.39 is 0 Å². The molecule has 0 bridgehead atoms. The molecule has 0 saturated heterocycles. The first kappa shape index (κ1) is 41.1. The maximum atomic E-state index is 14.3. The Balaban J connectivity index is 1.51. The van der Waals surface area contributed by atoms with E-state index >= 15 is 0 Å². The molecule has 0 nitrogen and oxygen atoms in total. The zero-order chi connectivity index (χ0) is 37.8. The van der Waals surface area contributed by atoms with Crippen LogP contribution in [-0.4, -0.2) is 0 Å². The molecule has 3 aromatic rings. The van der Waals surface area contributed by atoms with Crippen molar-refractivity contribution in [3.05, 3.63) is 155 Å². The summed E-state index contributed by atoms with van der Waals surface area (Å²) in [5.74, 6) is 3.09. The minimum absolute atomic E-state index is 0.196. The van der Waals surface area contributed by atoms with Gasteiger partial charge in [0.05, 0.1) is 0 Å². The van der Waals surface area contributed by atoms with E-state index in [0.29, 0.717) is 17.8 Å². The summed E-state index contributed by atoms with van der Waals surface area (Å²) in [6, 6.07) is 28.7. The Hall–Kier alpha value is -3.71. The Morgan fingerprint density at radius 2 is 1.25 bits per heavy atom. The van der Waals surface area contributed by atoms with Gasteiger partial charge in [-0.3, -0.25) is 0 Å². The van der Waals surface area contributed by atoms with Crippen LogP contribution in [0.25, 0.3) is 11.1 Å². The molecular formula is C51H67F. The van der Waals surface area contributed by atoms with Crippen LogP contribution in [0.1, 0.15) is 123 Å². The highest BCUT2D eigenvalue weighted by atomic mass is 19.1. The van der Waals surface area contributed by atoms with E-state index in [-0.39, 0.29) is 11.7 Å². The van der Waals surface area contributed by atoms with E-state index in [1.165, 1.54) is 70.2 Å². The van der Waals surface area contributed by atoms with E-state index in [1.54, 1.807) is 12.1 Å². The molecule has 1 unspecified atom stereocenters. The van der Waals surface area contributed by atoms with Crippen LogP contribution in [0.2, 0.25) is 0 Å². The molecule has 0 amide bonds. The number of rotatable bonds is 21. The predicted molar refractivity (Wildman–Crippen MR) is 226 cm³/mol. The van der Waals surface area contributed by atoms with Crippen molar-refractivity contribution in [3.63, 3.8) is 0 Å². The first-order chi connectivity index (χ1) is 24.8. The molecule has 5 atom stereocenters. The van der Waals surface area contributed by atoms with E-state index in [9.17, 15) is 4.39 Å². The van der Waals surface area contributed by atoms with Crippen LogP contribution in [0, 0.1) is 41.3 Å². The summed E-state index contributed by atoms with van der Waals surface area (Å²) in [6.45, 7) is 29.9. The third-order valence-electron chi connectivity index (χ3n) is 11.1. The molecule has 0 spiro atoms. The first-order valence-corrected chi connectivity index (χ1v) is 20.2. The van der Waals surface area contributed by atoms with E-state index in [0.717, 1.165) is 61.5 Å². The molecule has 4 rings (SSSR count). The van der Waals surface area contributed by atoms with Gasteiger partial charge in [0.25, 0.3) is 0 Å². The topological polar surface area (TPSA) is 0 Å².